The smallest absolute Gasteiger partial charge is 0.212 e. The van der Waals surface area contributed by atoms with Crippen molar-refractivity contribution in [1.82, 2.24) is 14.9 Å². The van der Waals surface area contributed by atoms with Gasteiger partial charge in [-0.25, -0.2) is 13.1 Å². The van der Waals surface area contributed by atoms with Crippen LogP contribution in [0.3, 0.4) is 0 Å². The van der Waals surface area contributed by atoms with Crippen LogP contribution in [0.15, 0.2) is 0 Å². The second-order valence-corrected chi connectivity index (χ2v) is 8.18. The Hall–Kier alpha value is -0.170. The Morgan fingerprint density at radius 1 is 1.26 bits per heavy atom. The molecule has 0 atom stereocenters. The number of rotatable bonds is 7. The minimum absolute atomic E-state index is 0.223. The quantitative estimate of drug-likeness (QED) is 0.705. The van der Waals surface area contributed by atoms with E-state index in [1.165, 1.54) is 0 Å². The fourth-order valence-corrected chi connectivity index (χ4v) is 3.78. The summed E-state index contributed by atoms with van der Waals surface area (Å²) in [5.41, 5.74) is 0.238. The Kier molecular flexibility index (Phi) is 4.87. The van der Waals surface area contributed by atoms with Crippen molar-refractivity contribution >= 4 is 10.0 Å². The Labute approximate surface area is 117 Å². The summed E-state index contributed by atoms with van der Waals surface area (Å²) in [6.45, 7) is 9.45. The molecule has 0 aromatic heterocycles. The molecule has 1 saturated carbocycles. The van der Waals surface area contributed by atoms with Crippen LogP contribution in [0.5, 0.6) is 0 Å². The first-order valence-electron chi connectivity index (χ1n) is 7.34. The van der Waals surface area contributed by atoms with Gasteiger partial charge >= 0.3 is 0 Å². The van der Waals surface area contributed by atoms with Crippen LogP contribution in [0, 0.1) is 11.3 Å². The predicted octanol–water partition coefficient (Wildman–Crippen LogP) is 0.247. The van der Waals surface area contributed by atoms with Gasteiger partial charge in [-0.2, -0.15) is 0 Å². The summed E-state index contributed by atoms with van der Waals surface area (Å²) < 4.78 is 26.8. The van der Waals surface area contributed by atoms with Crippen LogP contribution in [0.4, 0.5) is 0 Å². The SMILES string of the molecule is CC(C)C1(CNS(=O)(=O)CCN2CCNCC2)CC1. The Morgan fingerprint density at radius 2 is 1.89 bits per heavy atom. The van der Waals surface area contributed by atoms with Crippen molar-refractivity contribution in [3.63, 3.8) is 0 Å². The average Bonchev–Trinajstić information content (AvgIpc) is 3.17. The molecule has 0 spiro atoms. The molecular formula is C13H27N3O2S. The van der Waals surface area contributed by atoms with E-state index < -0.39 is 10.0 Å². The zero-order chi connectivity index (χ0) is 13.9. The highest BCUT2D eigenvalue weighted by atomic mass is 32.2. The highest BCUT2D eigenvalue weighted by molar-refractivity contribution is 7.89. The van der Waals surface area contributed by atoms with E-state index in [1.807, 2.05) is 0 Å². The van der Waals surface area contributed by atoms with Crippen molar-refractivity contribution in [2.75, 3.05) is 45.0 Å². The molecule has 2 rings (SSSR count). The summed E-state index contributed by atoms with van der Waals surface area (Å²) in [4.78, 5) is 2.21. The molecule has 6 heteroatoms. The molecule has 19 heavy (non-hydrogen) atoms. The number of piperazine rings is 1. The Morgan fingerprint density at radius 3 is 2.42 bits per heavy atom. The molecule has 1 aliphatic carbocycles. The molecule has 0 bridgehead atoms. The number of hydrogen-bond acceptors (Lipinski definition) is 4. The lowest BCUT2D eigenvalue weighted by atomic mass is 9.93. The van der Waals surface area contributed by atoms with Crippen LogP contribution in [-0.4, -0.2) is 58.3 Å². The van der Waals surface area contributed by atoms with Gasteiger partial charge in [0.05, 0.1) is 5.75 Å². The molecule has 2 aliphatic rings. The molecule has 1 saturated heterocycles. The molecule has 1 aliphatic heterocycles. The second-order valence-electron chi connectivity index (χ2n) is 6.25. The van der Waals surface area contributed by atoms with Gasteiger partial charge < -0.3 is 5.32 Å². The second kappa shape index (κ2) is 6.08. The van der Waals surface area contributed by atoms with E-state index in [-0.39, 0.29) is 11.2 Å². The largest absolute Gasteiger partial charge is 0.314 e. The van der Waals surface area contributed by atoms with Crippen molar-refractivity contribution < 1.29 is 8.42 Å². The van der Waals surface area contributed by atoms with Gasteiger partial charge in [0.25, 0.3) is 0 Å². The van der Waals surface area contributed by atoms with E-state index in [9.17, 15) is 8.42 Å². The number of sulfonamides is 1. The molecule has 0 unspecified atom stereocenters. The lowest BCUT2D eigenvalue weighted by Crippen LogP contribution is -2.46. The molecular weight excluding hydrogens is 262 g/mol. The maximum atomic E-state index is 12.0. The summed E-state index contributed by atoms with van der Waals surface area (Å²) >= 11 is 0. The van der Waals surface area contributed by atoms with Crippen LogP contribution in [0.2, 0.25) is 0 Å². The lowest BCUT2D eigenvalue weighted by Gasteiger charge is -2.27. The predicted molar refractivity (Wildman–Crippen MR) is 77.6 cm³/mol. The third-order valence-electron chi connectivity index (χ3n) is 4.65. The van der Waals surface area contributed by atoms with Crippen molar-refractivity contribution in [2.24, 2.45) is 11.3 Å². The summed E-state index contributed by atoms with van der Waals surface area (Å²) in [6, 6.07) is 0. The van der Waals surface area contributed by atoms with Crippen molar-refractivity contribution in [3.8, 4) is 0 Å². The summed E-state index contributed by atoms with van der Waals surface area (Å²) in [7, 11) is -3.12. The van der Waals surface area contributed by atoms with Crippen molar-refractivity contribution in [3.05, 3.63) is 0 Å². The van der Waals surface area contributed by atoms with Gasteiger partial charge in [0, 0.05) is 39.3 Å². The van der Waals surface area contributed by atoms with E-state index in [2.05, 4.69) is 28.8 Å². The first kappa shape index (κ1) is 15.2. The van der Waals surface area contributed by atoms with Crippen LogP contribution < -0.4 is 10.0 Å². The zero-order valence-corrected chi connectivity index (χ0v) is 12.9. The molecule has 0 aromatic rings. The van der Waals surface area contributed by atoms with Gasteiger partial charge in [0.1, 0.15) is 0 Å². The fraction of sp³-hybridized carbons (Fsp3) is 1.00. The maximum Gasteiger partial charge on any atom is 0.212 e. The van der Waals surface area contributed by atoms with Gasteiger partial charge in [0.15, 0.2) is 0 Å². The molecule has 2 N–H and O–H groups in total. The first-order valence-corrected chi connectivity index (χ1v) is 8.99. The van der Waals surface area contributed by atoms with Crippen LogP contribution in [0.25, 0.3) is 0 Å². The third-order valence-corrected chi connectivity index (χ3v) is 5.95. The van der Waals surface area contributed by atoms with Crippen molar-refractivity contribution in [1.29, 1.82) is 0 Å². The minimum atomic E-state index is -3.12. The summed E-state index contributed by atoms with van der Waals surface area (Å²) in [5.74, 6) is 0.782. The third kappa shape index (κ3) is 4.41. The van der Waals surface area contributed by atoms with Gasteiger partial charge in [-0.1, -0.05) is 13.8 Å². The molecule has 2 fully saturated rings. The summed E-state index contributed by atoms with van der Waals surface area (Å²) in [6.07, 6.45) is 2.32. The minimum Gasteiger partial charge on any atom is -0.314 e. The average molecular weight is 289 g/mol. The molecule has 5 nitrogen and oxygen atoms in total. The molecule has 112 valence electrons. The number of hydrogen-bond donors (Lipinski definition) is 2. The molecule has 0 amide bonds. The van der Waals surface area contributed by atoms with E-state index in [1.54, 1.807) is 0 Å². The van der Waals surface area contributed by atoms with Gasteiger partial charge in [-0.15, -0.1) is 0 Å². The van der Waals surface area contributed by atoms with Crippen LogP contribution >= 0.6 is 0 Å². The molecule has 0 aromatic carbocycles. The first-order chi connectivity index (χ1) is 8.94. The zero-order valence-electron chi connectivity index (χ0n) is 12.1. The fourth-order valence-electron chi connectivity index (χ4n) is 2.63. The topological polar surface area (TPSA) is 61.4 Å². The maximum absolute atomic E-state index is 12.0. The highest BCUT2D eigenvalue weighted by Gasteiger charge is 2.45. The van der Waals surface area contributed by atoms with Gasteiger partial charge in [-0.3, -0.25) is 4.90 Å². The van der Waals surface area contributed by atoms with Crippen LogP contribution in [-0.2, 0) is 10.0 Å². The van der Waals surface area contributed by atoms with Crippen LogP contribution in [0.1, 0.15) is 26.7 Å². The monoisotopic (exact) mass is 289 g/mol. The standard InChI is InChI=1S/C13H27N3O2S/c1-12(2)13(3-4-13)11-15-19(17,18)10-9-16-7-5-14-6-8-16/h12,14-15H,3-11H2,1-2H3. The van der Waals surface area contributed by atoms with E-state index >= 15 is 0 Å². The van der Waals surface area contributed by atoms with Gasteiger partial charge in [-0.05, 0) is 24.2 Å². The van der Waals surface area contributed by atoms with Crippen molar-refractivity contribution in [2.45, 2.75) is 26.7 Å². The molecule has 1 heterocycles. The Balaban J connectivity index is 1.72. The summed E-state index contributed by atoms with van der Waals surface area (Å²) in [5, 5.41) is 3.27. The normalized spacial score (nSPS) is 23.7. The molecule has 0 radical (unpaired) electrons. The van der Waals surface area contributed by atoms with Gasteiger partial charge in [0.2, 0.25) is 10.0 Å². The number of nitrogens with zero attached hydrogens (tertiary/aromatic N) is 1. The van der Waals surface area contributed by atoms with E-state index in [4.69, 9.17) is 0 Å². The van der Waals surface area contributed by atoms with E-state index in [0.717, 1.165) is 39.0 Å². The van der Waals surface area contributed by atoms with E-state index in [0.29, 0.717) is 19.0 Å². The number of nitrogens with one attached hydrogen (secondary N) is 2. The Bertz CT molecular complexity index is 385. The highest BCUT2D eigenvalue weighted by Crippen LogP contribution is 2.51. The lowest BCUT2D eigenvalue weighted by molar-refractivity contribution is 0.253.